The van der Waals surface area contributed by atoms with Gasteiger partial charge in [-0.05, 0) is 46.3 Å². The molecule has 3 aromatic rings. The van der Waals surface area contributed by atoms with Crippen LogP contribution in [0.1, 0.15) is 10.4 Å². The first-order valence-corrected chi connectivity index (χ1v) is 6.52. The smallest absolute Gasteiger partial charge is 0.337 e. The second-order valence-corrected chi connectivity index (χ2v) is 5.05. The van der Waals surface area contributed by atoms with E-state index in [9.17, 15) is 9.18 Å². The quantitative estimate of drug-likeness (QED) is 0.778. The number of carboxylic acids is 1. The summed E-state index contributed by atoms with van der Waals surface area (Å²) in [6.07, 6.45) is 1.52. The number of rotatable bonds is 2. The molecule has 1 aromatic heterocycles. The van der Waals surface area contributed by atoms with Crippen LogP contribution in [0.15, 0.2) is 47.2 Å². The van der Waals surface area contributed by atoms with Crippen LogP contribution in [0.2, 0.25) is 0 Å². The van der Waals surface area contributed by atoms with E-state index in [-0.39, 0.29) is 11.4 Å². The third-order valence-electron chi connectivity index (χ3n) is 2.99. The molecule has 0 aliphatic heterocycles. The zero-order valence-corrected chi connectivity index (χ0v) is 11.6. The van der Waals surface area contributed by atoms with Crippen molar-refractivity contribution in [3.05, 3.63) is 58.6 Å². The fraction of sp³-hybridized carbons (Fsp3) is 0. The molecular weight excluding hydrogens is 327 g/mol. The predicted molar refractivity (Wildman–Crippen MR) is 75.7 cm³/mol. The Bertz CT molecular complexity index is 829. The summed E-state index contributed by atoms with van der Waals surface area (Å²) in [4.78, 5) is 15.3. The number of imidazole rings is 1. The molecule has 0 aliphatic carbocycles. The van der Waals surface area contributed by atoms with E-state index < -0.39 is 5.97 Å². The van der Waals surface area contributed by atoms with Crippen molar-refractivity contribution in [1.29, 1.82) is 0 Å². The van der Waals surface area contributed by atoms with Gasteiger partial charge in [0.2, 0.25) is 0 Å². The Labute approximate surface area is 121 Å². The van der Waals surface area contributed by atoms with E-state index in [2.05, 4.69) is 20.9 Å². The van der Waals surface area contributed by atoms with E-state index in [1.54, 1.807) is 28.8 Å². The van der Waals surface area contributed by atoms with E-state index in [0.29, 0.717) is 21.2 Å². The number of para-hydroxylation sites is 1. The summed E-state index contributed by atoms with van der Waals surface area (Å²) in [5.41, 5.74) is 1.90. The monoisotopic (exact) mass is 334 g/mol. The van der Waals surface area contributed by atoms with Gasteiger partial charge in [-0.3, -0.25) is 4.57 Å². The van der Waals surface area contributed by atoms with Crippen LogP contribution in [0, 0.1) is 5.82 Å². The van der Waals surface area contributed by atoms with E-state index >= 15 is 0 Å². The molecule has 0 saturated heterocycles. The summed E-state index contributed by atoms with van der Waals surface area (Å²) in [5, 5.41) is 9.14. The third-order valence-corrected chi connectivity index (χ3v) is 3.60. The zero-order chi connectivity index (χ0) is 14.3. The second kappa shape index (κ2) is 4.72. The maximum Gasteiger partial charge on any atom is 0.337 e. The Hall–Kier alpha value is -2.21. The van der Waals surface area contributed by atoms with Crippen molar-refractivity contribution >= 4 is 32.9 Å². The average Bonchev–Trinajstić information content (AvgIpc) is 2.85. The highest BCUT2D eigenvalue weighted by atomic mass is 79.9. The lowest BCUT2D eigenvalue weighted by Crippen LogP contribution is -1.98. The van der Waals surface area contributed by atoms with E-state index in [1.807, 2.05) is 0 Å². The van der Waals surface area contributed by atoms with Crippen LogP contribution in [-0.2, 0) is 0 Å². The molecule has 20 heavy (non-hydrogen) atoms. The number of hydrogen-bond acceptors (Lipinski definition) is 2. The minimum atomic E-state index is -1.03. The fourth-order valence-electron chi connectivity index (χ4n) is 2.05. The van der Waals surface area contributed by atoms with Crippen LogP contribution >= 0.6 is 15.9 Å². The topological polar surface area (TPSA) is 55.1 Å². The van der Waals surface area contributed by atoms with E-state index in [4.69, 9.17) is 5.11 Å². The van der Waals surface area contributed by atoms with E-state index in [1.165, 1.54) is 18.5 Å². The minimum absolute atomic E-state index is 0.141. The molecular formula is C14H8BrFN2O2. The molecule has 0 radical (unpaired) electrons. The SMILES string of the molecule is O=C(O)c1cccc2c1ncn2-c1ccc(F)c(Br)c1. The average molecular weight is 335 g/mol. The Morgan fingerprint density at radius 1 is 1.30 bits per heavy atom. The molecule has 1 N–H and O–H groups in total. The number of aromatic nitrogens is 2. The molecule has 0 unspecified atom stereocenters. The van der Waals surface area contributed by atoms with Crippen molar-refractivity contribution < 1.29 is 14.3 Å². The van der Waals surface area contributed by atoms with Gasteiger partial charge in [0.15, 0.2) is 0 Å². The number of carbonyl (C=O) groups is 1. The Morgan fingerprint density at radius 3 is 2.80 bits per heavy atom. The first-order chi connectivity index (χ1) is 9.58. The van der Waals surface area contributed by atoms with Crippen LogP contribution < -0.4 is 0 Å². The van der Waals surface area contributed by atoms with Gasteiger partial charge in [-0.2, -0.15) is 0 Å². The molecule has 6 heteroatoms. The van der Waals surface area contributed by atoms with Crippen molar-refractivity contribution in [2.45, 2.75) is 0 Å². The summed E-state index contributed by atoms with van der Waals surface area (Å²) >= 11 is 3.13. The highest BCUT2D eigenvalue weighted by Gasteiger charge is 2.13. The van der Waals surface area contributed by atoms with Crippen LogP contribution in [0.25, 0.3) is 16.7 Å². The number of carboxylic acid groups (broad SMARTS) is 1. The van der Waals surface area contributed by atoms with Gasteiger partial charge in [-0.1, -0.05) is 6.07 Å². The zero-order valence-electron chi connectivity index (χ0n) is 10.0. The van der Waals surface area contributed by atoms with Crippen LogP contribution in [0.3, 0.4) is 0 Å². The van der Waals surface area contributed by atoms with Gasteiger partial charge < -0.3 is 5.11 Å². The standard InChI is InChI=1S/C14H8BrFN2O2/c15-10-6-8(4-5-11(10)16)18-7-17-13-9(14(19)20)2-1-3-12(13)18/h1-7H,(H,19,20). The summed E-state index contributed by atoms with van der Waals surface area (Å²) in [6.45, 7) is 0. The van der Waals surface area contributed by atoms with Gasteiger partial charge in [0.25, 0.3) is 0 Å². The molecule has 3 rings (SSSR count). The van der Waals surface area contributed by atoms with Crippen molar-refractivity contribution in [3.8, 4) is 5.69 Å². The van der Waals surface area contributed by atoms with E-state index in [0.717, 1.165) is 0 Å². The number of fused-ring (bicyclic) bond motifs is 1. The normalized spacial score (nSPS) is 10.9. The third kappa shape index (κ3) is 1.98. The lowest BCUT2D eigenvalue weighted by Gasteiger charge is -2.05. The molecule has 0 amide bonds. The highest BCUT2D eigenvalue weighted by molar-refractivity contribution is 9.10. The van der Waals surface area contributed by atoms with Crippen molar-refractivity contribution in [2.24, 2.45) is 0 Å². The van der Waals surface area contributed by atoms with Crippen molar-refractivity contribution in [1.82, 2.24) is 9.55 Å². The first-order valence-electron chi connectivity index (χ1n) is 5.72. The van der Waals surface area contributed by atoms with Gasteiger partial charge in [-0.25, -0.2) is 14.2 Å². The summed E-state index contributed by atoms with van der Waals surface area (Å²) in [5.74, 6) is -1.38. The summed E-state index contributed by atoms with van der Waals surface area (Å²) in [6, 6.07) is 9.49. The fourth-order valence-corrected chi connectivity index (χ4v) is 2.42. The molecule has 2 aromatic carbocycles. The van der Waals surface area contributed by atoms with Crippen LogP contribution in [-0.4, -0.2) is 20.6 Å². The lowest BCUT2D eigenvalue weighted by atomic mass is 10.2. The largest absolute Gasteiger partial charge is 0.478 e. The Kier molecular flexibility index (Phi) is 3.02. The summed E-state index contributed by atoms with van der Waals surface area (Å²) in [7, 11) is 0. The second-order valence-electron chi connectivity index (χ2n) is 4.19. The number of nitrogens with zero attached hydrogens (tertiary/aromatic N) is 2. The molecule has 4 nitrogen and oxygen atoms in total. The van der Waals surface area contributed by atoms with Gasteiger partial charge >= 0.3 is 5.97 Å². The molecule has 0 aliphatic rings. The predicted octanol–water partition coefficient (Wildman–Crippen LogP) is 3.63. The van der Waals surface area contributed by atoms with Gasteiger partial charge in [-0.15, -0.1) is 0 Å². The van der Waals surface area contributed by atoms with Gasteiger partial charge in [0.05, 0.1) is 15.6 Å². The maximum absolute atomic E-state index is 13.3. The summed E-state index contributed by atoms with van der Waals surface area (Å²) < 4.78 is 15.3. The Morgan fingerprint density at radius 2 is 2.10 bits per heavy atom. The molecule has 0 fully saturated rings. The number of aromatic carboxylic acids is 1. The Balaban J connectivity index is 2.25. The minimum Gasteiger partial charge on any atom is -0.478 e. The van der Waals surface area contributed by atoms with Crippen molar-refractivity contribution in [2.75, 3.05) is 0 Å². The maximum atomic E-state index is 13.3. The van der Waals surface area contributed by atoms with Crippen molar-refractivity contribution in [3.63, 3.8) is 0 Å². The molecule has 0 spiro atoms. The molecule has 0 saturated carbocycles. The molecule has 100 valence electrons. The highest BCUT2D eigenvalue weighted by Crippen LogP contribution is 2.24. The van der Waals surface area contributed by atoms with Gasteiger partial charge in [0.1, 0.15) is 17.7 Å². The van der Waals surface area contributed by atoms with Gasteiger partial charge in [0, 0.05) is 5.69 Å². The van der Waals surface area contributed by atoms with Crippen LogP contribution in [0.5, 0.6) is 0 Å². The van der Waals surface area contributed by atoms with Crippen LogP contribution in [0.4, 0.5) is 4.39 Å². The molecule has 0 atom stereocenters. The molecule has 1 heterocycles. The molecule has 0 bridgehead atoms. The number of hydrogen-bond donors (Lipinski definition) is 1. The number of benzene rings is 2. The number of halogens is 2. The lowest BCUT2D eigenvalue weighted by molar-refractivity contribution is 0.0699. The first kappa shape index (κ1) is 12.8.